The van der Waals surface area contributed by atoms with E-state index in [1.807, 2.05) is 0 Å². The van der Waals surface area contributed by atoms with Crippen molar-refractivity contribution in [1.82, 2.24) is 0 Å². The molecule has 0 aromatic heterocycles. The van der Waals surface area contributed by atoms with Crippen molar-refractivity contribution >= 4 is 0 Å². The lowest BCUT2D eigenvalue weighted by Crippen LogP contribution is -2.19. The molecule has 0 radical (unpaired) electrons. The Bertz CT molecular complexity index is 89.8. The lowest BCUT2D eigenvalue weighted by molar-refractivity contribution is 0.0812. The zero-order valence-electron chi connectivity index (χ0n) is 8.55. The fourth-order valence-electron chi connectivity index (χ4n) is 1.51. The molecule has 0 spiro atoms. The van der Waals surface area contributed by atoms with Crippen molar-refractivity contribution < 1.29 is 9.84 Å². The van der Waals surface area contributed by atoms with Crippen molar-refractivity contribution in [2.45, 2.75) is 45.6 Å². The highest BCUT2D eigenvalue weighted by molar-refractivity contribution is 4.65. The summed E-state index contributed by atoms with van der Waals surface area (Å²) in [6.07, 6.45) is 3.86. The molecule has 2 heteroatoms. The highest BCUT2D eigenvalue weighted by atomic mass is 16.5. The van der Waals surface area contributed by atoms with Crippen LogP contribution in [0.3, 0.4) is 0 Å². The maximum absolute atomic E-state index is 9.68. The predicted octanol–water partition coefficient (Wildman–Crippen LogP) is 2.21. The van der Waals surface area contributed by atoms with E-state index in [9.17, 15) is 5.11 Å². The van der Waals surface area contributed by atoms with E-state index in [-0.39, 0.29) is 6.10 Å². The van der Waals surface area contributed by atoms with Crippen LogP contribution in [0.4, 0.5) is 0 Å². The van der Waals surface area contributed by atoms with Crippen LogP contribution in [0.1, 0.15) is 39.5 Å². The van der Waals surface area contributed by atoms with Gasteiger partial charge in [-0.2, -0.15) is 0 Å². The first-order chi connectivity index (χ1) is 5.76. The van der Waals surface area contributed by atoms with Gasteiger partial charge in [0, 0.05) is 13.7 Å². The monoisotopic (exact) mass is 174 g/mol. The van der Waals surface area contributed by atoms with Gasteiger partial charge in [-0.15, -0.1) is 0 Å². The normalized spacial score (nSPS) is 13.8. The first-order valence-electron chi connectivity index (χ1n) is 4.93. The van der Waals surface area contributed by atoms with Gasteiger partial charge in [0.25, 0.3) is 0 Å². The minimum absolute atomic E-state index is 0.129. The molecular weight excluding hydrogens is 152 g/mol. The zero-order valence-corrected chi connectivity index (χ0v) is 8.55. The minimum atomic E-state index is -0.129. The molecule has 0 saturated carbocycles. The number of hydrogen-bond donors (Lipinski definition) is 1. The largest absolute Gasteiger partial charge is 0.393 e. The Labute approximate surface area is 75.9 Å². The second kappa shape index (κ2) is 7.56. The van der Waals surface area contributed by atoms with E-state index < -0.39 is 0 Å². The highest BCUT2D eigenvalue weighted by Gasteiger charge is 2.14. The van der Waals surface area contributed by atoms with Crippen molar-refractivity contribution in [2.24, 2.45) is 5.92 Å². The predicted molar refractivity (Wildman–Crippen MR) is 51.2 cm³/mol. The number of methoxy groups -OCH3 is 1. The molecule has 12 heavy (non-hydrogen) atoms. The van der Waals surface area contributed by atoms with Crippen LogP contribution >= 0.6 is 0 Å². The van der Waals surface area contributed by atoms with Crippen molar-refractivity contribution in [3.63, 3.8) is 0 Å². The topological polar surface area (TPSA) is 29.5 Å². The second-order valence-electron chi connectivity index (χ2n) is 3.28. The van der Waals surface area contributed by atoms with Gasteiger partial charge in [-0.05, 0) is 18.8 Å². The molecule has 74 valence electrons. The molecule has 0 aliphatic rings. The summed E-state index contributed by atoms with van der Waals surface area (Å²) in [4.78, 5) is 0. The van der Waals surface area contributed by atoms with E-state index in [2.05, 4.69) is 13.8 Å². The van der Waals surface area contributed by atoms with Gasteiger partial charge in [-0.1, -0.05) is 26.7 Å². The summed E-state index contributed by atoms with van der Waals surface area (Å²) in [5, 5.41) is 9.68. The van der Waals surface area contributed by atoms with E-state index in [0.29, 0.717) is 5.92 Å². The van der Waals surface area contributed by atoms with Crippen LogP contribution in [0.2, 0.25) is 0 Å². The Morgan fingerprint density at radius 2 is 1.83 bits per heavy atom. The third-order valence-corrected chi connectivity index (χ3v) is 2.44. The Balaban J connectivity index is 3.47. The summed E-state index contributed by atoms with van der Waals surface area (Å²) in [6, 6.07) is 0. The number of aliphatic hydroxyl groups is 1. The van der Waals surface area contributed by atoms with Crippen molar-refractivity contribution in [3.05, 3.63) is 0 Å². The zero-order chi connectivity index (χ0) is 9.40. The van der Waals surface area contributed by atoms with Gasteiger partial charge in [0.1, 0.15) is 0 Å². The first-order valence-corrected chi connectivity index (χ1v) is 4.93. The van der Waals surface area contributed by atoms with Crippen LogP contribution in [-0.2, 0) is 4.74 Å². The molecular formula is C10H22O2. The molecule has 0 aliphatic carbocycles. The summed E-state index contributed by atoms with van der Waals surface area (Å²) in [7, 11) is 1.70. The Hall–Kier alpha value is -0.0800. The molecule has 1 atom stereocenters. The summed E-state index contributed by atoms with van der Waals surface area (Å²) < 4.78 is 4.93. The summed E-state index contributed by atoms with van der Waals surface area (Å²) >= 11 is 0. The quantitative estimate of drug-likeness (QED) is 0.600. The molecule has 0 aliphatic heterocycles. The highest BCUT2D eigenvalue weighted by Crippen LogP contribution is 2.16. The molecule has 1 unspecified atom stereocenters. The molecule has 2 nitrogen and oxygen atoms in total. The maximum atomic E-state index is 9.68. The van der Waals surface area contributed by atoms with Crippen LogP contribution in [0, 0.1) is 5.92 Å². The smallest absolute Gasteiger partial charge is 0.0569 e. The molecule has 0 fully saturated rings. The molecule has 0 amide bonds. The molecule has 0 saturated heterocycles. The van der Waals surface area contributed by atoms with Gasteiger partial charge >= 0.3 is 0 Å². The van der Waals surface area contributed by atoms with E-state index in [0.717, 1.165) is 32.3 Å². The van der Waals surface area contributed by atoms with Crippen molar-refractivity contribution in [2.75, 3.05) is 13.7 Å². The van der Waals surface area contributed by atoms with Gasteiger partial charge in [0.2, 0.25) is 0 Å². The van der Waals surface area contributed by atoms with Gasteiger partial charge in [0.15, 0.2) is 0 Å². The molecule has 0 aromatic carbocycles. The Morgan fingerprint density at radius 1 is 1.25 bits per heavy atom. The van der Waals surface area contributed by atoms with Crippen LogP contribution in [-0.4, -0.2) is 24.9 Å². The Morgan fingerprint density at radius 3 is 2.25 bits per heavy atom. The van der Waals surface area contributed by atoms with Crippen LogP contribution in [0.25, 0.3) is 0 Å². The number of rotatable bonds is 7. The first kappa shape index (κ1) is 11.9. The fraction of sp³-hybridized carbons (Fsp3) is 1.00. The molecule has 0 bridgehead atoms. The molecule has 1 N–H and O–H groups in total. The minimum Gasteiger partial charge on any atom is -0.393 e. The Kier molecular flexibility index (Phi) is 7.51. The van der Waals surface area contributed by atoms with Gasteiger partial charge in [0.05, 0.1) is 6.10 Å². The fourth-order valence-corrected chi connectivity index (χ4v) is 1.51. The van der Waals surface area contributed by atoms with E-state index in [1.165, 1.54) is 0 Å². The summed E-state index contributed by atoms with van der Waals surface area (Å²) in [6.45, 7) is 5.03. The van der Waals surface area contributed by atoms with Gasteiger partial charge in [-0.25, -0.2) is 0 Å². The standard InChI is InChI=1S/C10H22O2/c1-4-9(5-2)10(11)7-6-8-12-3/h9-11H,4-8H2,1-3H3. The summed E-state index contributed by atoms with van der Waals surface area (Å²) in [5.74, 6) is 0.474. The van der Waals surface area contributed by atoms with Crippen LogP contribution in [0.5, 0.6) is 0 Å². The average molecular weight is 174 g/mol. The number of ether oxygens (including phenoxy) is 1. The van der Waals surface area contributed by atoms with E-state index in [4.69, 9.17) is 4.74 Å². The molecule has 0 aromatic rings. The van der Waals surface area contributed by atoms with E-state index >= 15 is 0 Å². The second-order valence-corrected chi connectivity index (χ2v) is 3.28. The van der Waals surface area contributed by atoms with E-state index in [1.54, 1.807) is 7.11 Å². The van der Waals surface area contributed by atoms with Gasteiger partial charge in [-0.3, -0.25) is 0 Å². The van der Waals surface area contributed by atoms with Crippen LogP contribution in [0.15, 0.2) is 0 Å². The lowest BCUT2D eigenvalue weighted by atomic mass is 9.93. The summed E-state index contributed by atoms with van der Waals surface area (Å²) in [5.41, 5.74) is 0. The van der Waals surface area contributed by atoms with Crippen molar-refractivity contribution in [1.29, 1.82) is 0 Å². The van der Waals surface area contributed by atoms with Crippen molar-refractivity contribution in [3.8, 4) is 0 Å². The third kappa shape index (κ3) is 4.73. The average Bonchev–Trinajstić information content (AvgIpc) is 2.07. The maximum Gasteiger partial charge on any atom is 0.0569 e. The molecule has 0 heterocycles. The number of aliphatic hydroxyl groups excluding tert-OH is 1. The van der Waals surface area contributed by atoms with Gasteiger partial charge < -0.3 is 9.84 Å². The molecule has 0 rings (SSSR count). The van der Waals surface area contributed by atoms with Crippen LogP contribution < -0.4 is 0 Å². The SMILES string of the molecule is CCC(CC)C(O)CCCOC. The lowest BCUT2D eigenvalue weighted by Gasteiger charge is -2.19. The number of hydrogen-bond acceptors (Lipinski definition) is 2. The third-order valence-electron chi connectivity index (χ3n) is 2.44.